The Bertz CT molecular complexity index is 4510. The summed E-state index contributed by atoms with van der Waals surface area (Å²) < 4.78 is 11.4. The van der Waals surface area contributed by atoms with Crippen molar-refractivity contribution in [1.82, 2.24) is 24.1 Å². The third kappa shape index (κ3) is 6.50. The Kier molecular flexibility index (Phi) is 9.30. The van der Waals surface area contributed by atoms with Gasteiger partial charge in [-0.3, -0.25) is 0 Å². The van der Waals surface area contributed by atoms with E-state index in [1.54, 1.807) is 0 Å². The number of para-hydroxylation sites is 5. The van der Waals surface area contributed by atoms with Gasteiger partial charge in [0, 0.05) is 66.3 Å². The van der Waals surface area contributed by atoms with Crippen LogP contribution >= 0.6 is 0 Å². The Morgan fingerprint density at radius 3 is 1.22 bits per heavy atom. The number of nitrogens with zero attached hydrogens (tertiary/aromatic N) is 5. The molecule has 6 nitrogen and oxygen atoms in total. The number of fused-ring (bicyclic) bond motifs is 12. The molecule has 6 heteroatoms. The summed E-state index contributed by atoms with van der Waals surface area (Å²) in [6.07, 6.45) is 0. The Balaban J connectivity index is 0.980. The topological polar surface area (TPSA) is 61.7 Å². The summed E-state index contributed by atoms with van der Waals surface area (Å²) in [5, 5.41) is 7.10. The number of rotatable bonds is 7. The maximum absolute atomic E-state index is 6.50. The summed E-state index contributed by atoms with van der Waals surface area (Å²) in [6.45, 7) is 0. The molecule has 11 aromatic carbocycles. The van der Waals surface area contributed by atoms with Crippen molar-refractivity contribution in [2.24, 2.45) is 0 Å². The molecule has 0 saturated carbocycles. The quantitative estimate of drug-likeness (QED) is 0.160. The Morgan fingerprint density at radius 1 is 0.276 bits per heavy atom. The molecule has 0 radical (unpaired) electrons. The molecule has 0 spiro atoms. The molecular formula is C70H43N5O. The van der Waals surface area contributed by atoms with Crippen LogP contribution in [0.15, 0.2) is 259 Å². The first-order valence-electron chi connectivity index (χ1n) is 25.9. The van der Waals surface area contributed by atoms with Gasteiger partial charge in [0.15, 0.2) is 17.5 Å². The predicted octanol–water partition coefficient (Wildman–Crippen LogP) is 17.8. The van der Waals surface area contributed by atoms with Crippen molar-refractivity contribution in [3.63, 3.8) is 0 Å². The zero-order chi connectivity index (χ0) is 49.8. The van der Waals surface area contributed by atoms with Gasteiger partial charge in [-0.15, -0.1) is 0 Å². The van der Waals surface area contributed by atoms with Crippen molar-refractivity contribution < 1.29 is 4.42 Å². The van der Waals surface area contributed by atoms with E-state index in [-0.39, 0.29) is 5.92 Å². The first kappa shape index (κ1) is 42.3. The van der Waals surface area contributed by atoms with Crippen LogP contribution in [0.4, 0.5) is 0 Å². The Labute approximate surface area is 437 Å². The fraction of sp³-hybridized carbons (Fsp3) is 0.0143. The predicted molar refractivity (Wildman–Crippen MR) is 310 cm³/mol. The molecule has 354 valence electrons. The minimum atomic E-state index is -0.231. The van der Waals surface area contributed by atoms with Crippen LogP contribution in [0.5, 0.6) is 0 Å². The molecule has 1 aliphatic carbocycles. The summed E-state index contributed by atoms with van der Waals surface area (Å²) in [5.41, 5.74) is 19.4. The molecule has 0 fully saturated rings. The van der Waals surface area contributed by atoms with Crippen LogP contribution in [0.1, 0.15) is 22.6 Å². The standard InChI is InChI=1S/C70H43N5O/c1-3-17-43(18-4-1)68-71-69(44-19-5-2-6-20-44)73-70(72-68)60-39-45(46-31-35-56-55-25-11-16-30-65(55)76-66(56)40-46)32-36-57(60)67-58-41-47(74-61-26-12-7-21-51(61)52-22-8-13-27-62(52)74)33-37-49(58)50-38-34-48(42-59(50)67)75-63-28-14-9-23-53(63)54-24-10-15-29-64(54)75/h1-42,67H. The Hall–Kier alpha value is -10.2. The first-order valence-corrected chi connectivity index (χ1v) is 25.9. The van der Waals surface area contributed by atoms with Gasteiger partial charge < -0.3 is 13.6 Å². The van der Waals surface area contributed by atoms with Gasteiger partial charge in [0.1, 0.15) is 11.2 Å². The van der Waals surface area contributed by atoms with Gasteiger partial charge in [-0.25, -0.2) is 15.0 Å². The highest BCUT2D eigenvalue weighted by Crippen LogP contribution is 2.52. The summed E-state index contributed by atoms with van der Waals surface area (Å²) in [7, 11) is 0. The van der Waals surface area contributed by atoms with Crippen LogP contribution in [-0.4, -0.2) is 24.1 Å². The SMILES string of the molecule is c1ccc(-c2nc(-c3ccccc3)nc(-c3cc(-c4ccc5c(c4)oc4ccccc45)ccc3C3c4cc(-n5c6ccccc6c6ccccc65)ccc4-c4ccc(-n5c6ccccc6c6ccccc65)cc43)n2)cc1. The maximum atomic E-state index is 6.50. The van der Waals surface area contributed by atoms with E-state index in [9.17, 15) is 0 Å². The van der Waals surface area contributed by atoms with Crippen molar-refractivity contribution in [2.45, 2.75) is 5.92 Å². The molecule has 0 amide bonds. The molecule has 0 bridgehead atoms. The molecule has 4 heterocycles. The van der Waals surface area contributed by atoms with E-state index in [2.05, 4.69) is 215 Å². The number of benzene rings is 11. The average Bonchev–Trinajstić information content (AvgIpc) is 4.27. The average molecular weight is 970 g/mol. The lowest BCUT2D eigenvalue weighted by Gasteiger charge is -2.21. The zero-order valence-electron chi connectivity index (χ0n) is 41.0. The first-order chi connectivity index (χ1) is 37.7. The zero-order valence-corrected chi connectivity index (χ0v) is 41.0. The highest BCUT2D eigenvalue weighted by atomic mass is 16.3. The molecule has 0 aliphatic heterocycles. The number of furan rings is 1. The molecule has 16 rings (SSSR count). The van der Waals surface area contributed by atoms with Gasteiger partial charge in [0.05, 0.1) is 22.1 Å². The molecule has 0 unspecified atom stereocenters. The van der Waals surface area contributed by atoms with Crippen LogP contribution in [0.3, 0.4) is 0 Å². The fourth-order valence-electron chi connectivity index (χ4n) is 12.3. The summed E-state index contributed by atoms with van der Waals surface area (Å²) >= 11 is 0. The van der Waals surface area contributed by atoms with Gasteiger partial charge in [-0.1, -0.05) is 182 Å². The third-order valence-electron chi connectivity index (χ3n) is 15.7. The van der Waals surface area contributed by atoms with Crippen molar-refractivity contribution >= 4 is 65.6 Å². The smallest absolute Gasteiger partial charge is 0.164 e. The second-order valence-corrected chi connectivity index (χ2v) is 19.9. The van der Waals surface area contributed by atoms with Crippen molar-refractivity contribution in [2.75, 3.05) is 0 Å². The van der Waals surface area contributed by atoms with Crippen LogP contribution < -0.4 is 0 Å². The van der Waals surface area contributed by atoms with Crippen molar-refractivity contribution in [3.8, 4) is 67.8 Å². The lowest BCUT2D eigenvalue weighted by Crippen LogP contribution is -2.07. The van der Waals surface area contributed by atoms with Gasteiger partial charge in [-0.05, 0) is 112 Å². The molecule has 0 atom stereocenters. The largest absolute Gasteiger partial charge is 0.456 e. The summed E-state index contributed by atoms with van der Waals surface area (Å²) in [5.74, 6) is 1.59. The van der Waals surface area contributed by atoms with Crippen LogP contribution in [0.25, 0.3) is 133 Å². The summed E-state index contributed by atoms with van der Waals surface area (Å²) in [6, 6.07) is 91.3. The third-order valence-corrected chi connectivity index (χ3v) is 15.7. The van der Waals surface area contributed by atoms with E-state index in [0.29, 0.717) is 17.5 Å². The highest BCUT2D eigenvalue weighted by Gasteiger charge is 2.34. The minimum absolute atomic E-state index is 0.231. The van der Waals surface area contributed by atoms with Gasteiger partial charge in [-0.2, -0.15) is 0 Å². The molecule has 0 N–H and O–H groups in total. The van der Waals surface area contributed by atoms with Crippen molar-refractivity contribution in [1.29, 1.82) is 0 Å². The van der Waals surface area contributed by atoms with E-state index in [1.165, 1.54) is 65.9 Å². The second kappa shape index (κ2) is 16.7. The highest BCUT2D eigenvalue weighted by molar-refractivity contribution is 6.11. The van der Waals surface area contributed by atoms with Crippen LogP contribution in [0, 0.1) is 0 Å². The Morgan fingerprint density at radius 2 is 0.697 bits per heavy atom. The molecule has 1 aliphatic rings. The number of hydrogen-bond acceptors (Lipinski definition) is 4. The number of aromatic nitrogens is 5. The molecule has 76 heavy (non-hydrogen) atoms. The van der Waals surface area contributed by atoms with Gasteiger partial charge in [0.2, 0.25) is 0 Å². The second-order valence-electron chi connectivity index (χ2n) is 19.9. The monoisotopic (exact) mass is 969 g/mol. The van der Waals surface area contributed by atoms with Crippen LogP contribution in [0.2, 0.25) is 0 Å². The molecule has 0 saturated heterocycles. The van der Waals surface area contributed by atoms with Crippen molar-refractivity contribution in [3.05, 3.63) is 271 Å². The molecule has 15 aromatic rings. The molecular weight excluding hydrogens is 927 g/mol. The van der Waals surface area contributed by atoms with Gasteiger partial charge >= 0.3 is 0 Å². The minimum Gasteiger partial charge on any atom is -0.456 e. The van der Waals surface area contributed by atoms with E-state index in [1.807, 2.05) is 48.5 Å². The molecule has 4 aromatic heterocycles. The maximum Gasteiger partial charge on any atom is 0.164 e. The van der Waals surface area contributed by atoms with E-state index in [0.717, 1.165) is 66.7 Å². The van der Waals surface area contributed by atoms with E-state index >= 15 is 0 Å². The lowest BCUT2D eigenvalue weighted by molar-refractivity contribution is 0.669. The van der Waals surface area contributed by atoms with Crippen LogP contribution in [-0.2, 0) is 0 Å². The lowest BCUT2D eigenvalue weighted by atomic mass is 9.84. The summed E-state index contributed by atoms with van der Waals surface area (Å²) in [4.78, 5) is 16.1. The fourth-order valence-corrected chi connectivity index (χ4v) is 12.3. The van der Waals surface area contributed by atoms with Gasteiger partial charge in [0.25, 0.3) is 0 Å². The van der Waals surface area contributed by atoms with E-state index < -0.39 is 0 Å². The number of hydrogen-bond donors (Lipinski definition) is 0. The normalized spacial score (nSPS) is 12.4. The van der Waals surface area contributed by atoms with E-state index in [4.69, 9.17) is 19.4 Å².